The van der Waals surface area contributed by atoms with E-state index in [0.717, 1.165) is 18.8 Å². The van der Waals surface area contributed by atoms with E-state index in [0.29, 0.717) is 5.92 Å². The van der Waals surface area contributed by atoms with E-state index in [1.54, 1.807) is 7.11 Å². The third-order valence-electron chi connectivity index (χ3n) is 3.78. The van der Waals surface area contributed by atoms with E-state index in [2.05, 4.69) is 22.8 Å². The van der Waals surface area contributed by atoms with Gasteiger partial charge in [-0.3, -0.25) is 0 Å². The highest BCUT2D eigenvalue weighted by molar-refractivity contribution is 5.83. The summed E-state index contributed by atoms with van der Waals surface area (Å²) in [5.41, 5.74) is 8.55. The normalized spacial score (nSPS) is 19.3. The standard InChI is InChI=1S/C14H18N2O/c1-17-12-4-5-13-11(7-12)8-14-10(9-15)3-2-6-16(13)14/h4-5,7-8,10H,2-3,6,9,15H2,1H3. The van der Waals surface area contributed by atoms with Gasteiger partial charge in [0.05, 0.1) is 7.11 Å². The van der Waals surface area contributed by atoms with Crippen LogP contribution in [0.15, 0.2) is 24.3 Å². The van der Waals surface area contributed by atoms with Crippen LogP contribution in [0, 0.1) is 0 Å². The largest absolute Gasteiger partial charge is 0.497 e. The fourth-order valence-electron chi connectivity index (χ4n) is 2.87. The predicted octanol–water partition coefficient (Wildman–Crippen LogP) is 2.49. The van der Waals surface area contributed by atoms with Crippen molar-refractivity contribution in [3.63, 3.8) is 0 Å². The highest BCUT2D eigenvalue weighted by Crippen LogP contribution is 2.33. The second-order valence-electron chi connectivity index (χ2n) is 4.72. The van der Waals surface area contributed by atoms with Gasteiger partial charge in [0, 0.05) is 35.6 Å². The molecule has 0 saturated heterocycles. The minimum atomic E-state index is 0.516. The molecule has 1 aromatic carbocycles. The van der Waals surface area contributed by atoms with Crippen molar-refractivity contribution in [1.29, 1.82) is 0 Å². The van der Waals surface area contributed by atoms with E-state index in [-0.39, 0.29) is 0 Å². The van der Waals surface area contributed by atoms with E-state index in [4.69, 9.17) is 10.5 Å². The smallest absolute Gasteiger partial charge is 0.119 e. The lowest BCUT2D eigenvalue weighted by Crippen LogP contribution is -2.21. The van der Waals surface area contributed by atoms with Gasteiger partial charge in [-0.25, -0.2) is 0 Å². The fourth-order valence-corrected chi connectivity index (χ4v) is 2.87. The maximum absolute atomic E-state index is 5.86. The first-order chi connectivity index (χ1) is 8.33. The number of hydrogen-bond acceptors (Lipinski definition) is 2. The van der Waals surface area contributed by atoms with E-state index >= 15 is 0 Å². The molecule has 3 heteroatoms. The minimum absolute atomic E-state index is 0.516. The molecule has 0 fully saturated rings. The van der Waals surface area contributed by atoms with Gasteiger partial charge < -0.3 is 15.0 Å². The van der Waals surface area contributed by atoms with Gasteiger partial charge in [0.15, 0.2) is 0 Å². The average molecular weight is 230 g/mol. The van der Waals surface area contributed by atoms with Crippen LogP contribution in [-0.2, 0) is 6.54 Å². The lowest BCUT2D eigenvalue weighted by molar-refractivity contribution is 0.415. The van der Waals surface area contributed by atoms with Crippen LogP contribution < -0.4 is 10.5 Å². The Morgan fingerprint density at radius 1 is 1.41 bits per heavy atom. The number of aryl methyl sites for hydroxylation is 1. The molecular weight excluding hydrogens is 212 g/mol. The molecule has 0 spiro atoms. The second kappa shape index (κ2) is 4.08. The average Bonchev–Trinajstić information content (AvgIpc) is 2.75. The summed E-state index contributed by atoms with van der Waals surface area (Å²) in [5, 5.41) is 1.26. The molecule has 1 aliphatic heterocycles. The van der Waals surface area contributed by atoms with Crippen LogP contribution >= 0.6 is 0 Å². The quantitative estimate of drug-likeness (QED) is 0.861. The van der Waals surface area contributed by atoms with Gasteiger partial charge in [0.1, 0.15) is 5.75 Å². The Balaban J connectivity index is 2.18. The van der Waals surface area contributed by atoms with Crippen molar-refractivity contribution in [2.24, 2.45) is 5.73 Å². The van der Waals surface area contributed by atoms with Crippen LogP contribution in [0.3, 0.4) is 0 Å². The second-order valence-corrected chi connectivity index (χ2v) is 4.72. The Morgan fingerprint density at radius 3 is 3.06 bits per heavy atom. The van der Waals surface area contributed by atoms with Crippen LogP contribution in [0.25, 0.3) is 10.9 Å². The molecule has 1 unspecified atom stereocenters. The van der Waals surface area contributed by atoms with Crippen molar-refractivity contribution in [3.05, 3.63) is 30.0 Å². The SMILES string of the molecule is COc1ccc2c(c1)cc1n2CCCC1CN. The summed E-state index contributed by atoms with van der Waals surface area (Å²) in [6.45, 7) is 1.86. The fraction of sp³-hybridized carbons (Fsp3) is 0.429. The number of rotatable bonds is 2. The van der Waals surface area contributed by atoms with Gasteiger partial charge in [0.25, 0.3) is 0 Å². The molecule has 1 aliphatic rings. The summed E-state index contributed by atoms with van der Waals surface area (Å²) in [5.74, 6) is 1.44. The van der Waals surface area contributed by atoms with Gasteiger partial charge in [-0.05, 0) is 37.1 Å². The molecule has 0 amide bonds. The highest BCUT2D eigenvalue weighted by Gasteiger charge is 2.21. The van der Waals surface area contributed by atoms with Crippen molar-refractivity contribution in [3.8, 4) is 5.75 Å². The molecule has 90 valence electrons. The maximum atomic E-state index is 5.86. The molecule has 1 aromatic heterocycles. The molecule has 0 bridgehead atoms. The molecule has 2 N–H and O–H groups in total. The van der Waals surface area contributed by atoms with Crippen LogP contribution in [-0.4, -0.2) is 18.2 Å². The van der Waals surface area contributed by atoms with Crippen molar-refractivity contribution >= 4 is 10.9 Å². The summed E-state index contributed by atoms with van der Waals surface area (Å²) < 4.78 is 7.69. The molecule has 1 atom stereocenters. The molecular formula is C14H18N2O. The third-order valence-corrected chi connectivity index (χ3v) is 3.78. The monoisotopic (exact) mass is 230 g/mol. The zero-order chi connectivity index (χ0) is 11.8. The molecule has 17 heavy (non-hydrogen) atoms. The lowest BCUT2D eigenvalue weighted by Gasteiger charge is -2.24. The van der Waals surface area contributed by atoms with Gasteiger partial charge in [0.2, 0.25) is 0 Å². The van der Waals surface area contributed by atoms with E-state index in [9.17, 15) is 0 Å². The zero-order valence-electron chi connectivity index (χ0n) is 10.1. The predicted molar refractivity (Wildman–Crippen MR) is 69.5 cm³/mol. The summed E-state index contributed by atoms with van der Waals surface area (Å²) in [4.78, 5) is 0. The Hall–Kier alpha value is -1.48. The first kappa shape index (κ1) is 10.7. The van der Waals surface area contributed by atoms with Crippen LogP contribution in [0.4, 0.5) is 0 Å². The molecule has 0 aliphatic carbocycles. The molecule has 2 heterocycles. The van der Waals surface area contributed by atoms with Crippen LogP contribution in [0.5, 0.6) is 5.75 Å². The number of hydrogen-bond donors (Lipinski definition) is 1. The van der Waals surface area contributed by atoms with E-state index in [1.165, 1.54) is 29.4 Å². The summed E-state index contributed by atoms with van der Waals surface area (Å²) in [6.07, 6.45) is 2.44. The summed E-state index contributed by atoms with van der Waals surface area (Å²) >= 11 is 0. The zero-order valence-corrected chi connectivity index (χ0v) is 10.1. The Bertz CT molecular complexity index is 544. The van der Waals surface area contributed by atoms with Crippen LogP contribution in [0.2, 0.25) is 0 Å². The van der Waals surface area contributed by atoms with Gasteiger partial charge in [-0.2, -0.15) is 0 Å². The van der Waals surface area contributed by atoms with Crippen molar-refractivity contribution in [1.82, 2.24) is 4.57 Å². The summed E-state index contributed by atoms with van der Waals surface area (Å²) in [7, 11) is 1.71. The molecule has 0 radical (unpaired) electrons. The van der Waals surface area contributed by atoms with Crippen molar-refractivity contribution < 1.29 is 4.74 Å². The van der Waals surface area contributed by atoms with Gasteiger partial charge in [-0.15, -0.1) is 0 Å². The van der Waals surface area contributed by atoms with E-state index in [1.807, 2.05) is 6.07 Å². The summed E-state index contributed by atoms with van der Waals surface area (Å²) in [6, 6.07) is 8.56. The van der Waals surface area contributed by atoms with Gasteiger partial charge in [-0.1, -0.05) is 0 Å². The highest BCUT2D eigenvalue weighted by atomic mass is 16.5. The number of aromatic nitrogens is 1. The van der Waals surface area contributed by atoms with Crippen LogP contribution in [0.1, 0.15) is 24.5 Å². The van der Waals surface area contributed by atoms with Crippen molar-refractivity contribution in [2.45, 2.75) is 25.3 Å². The number of benzene rings is 1. The number of fused-ring (bicyclic) bond motifs is 3. The Labute approximate surface area is 101 Å². The molecule has 0 saturated carbocycles. The maximum Gasteiger partial charge on any atom is 0.119 e. The molecule has 3 rings (SSSR count). The minimum Gasteiger partial charge on any atom is -0.497 e. The van der Waals surface area contributed by atoms with Gasteiger partial charge >= 0.3 is 0 Å². The number of ether oxygens (including phenoxy) is 1. The Kier molecular flexibility index (Phi) is 2.56. The third kappa shape index (κ3) is 1.62. The molecule has 3 nitrogen and oxygen atoms in total. The number of nitrogens with two attached hydrogens (primary N) is 1. The molecule has 2 aromatic rings. The van der Waals surface area contributed by atoms with Crippen molar-refractivity contribution in [2.75, 3.05) is 13.7 Å². The van der Waals surface area contributed by atoms with E-state index < -0.39 is 0 Å². The first-order valence-corrected chi connectivity index (χ1v) is 6.20. The topological polar surface area (TPSA) is 40.2 Å². The Morgan fingerprint density at radius 2 is 2.29 bits per heavy atom. The first-order valence-electron chi connectivity index (χ1n) is 6.20. The number of nitrogens with zero attached hydrogens (tertiary/aromatic N) is 1. The lowest BCUT2D eigenvalue weighted by atomic mass is 9.96. The number of methoxy groups -OCH3 is 1.